The second kappa shape index (κ2) is 4.84. The fourth-order valence-electron chi connectivity index (χ4n) is 1.13. The molecular formula is C6H14O8P2. The van der Waals surface area contributed by atoms with Gasteiger partial charge in [-0.25, -0.2) is 9.13 Å². The highest BCUT2D eigenvalue weighted by Gasteiger charge is 2.43. The Morgan fingerprint density at radius 3 is 2.31 bits per heavy atom. The number of rotatable bonds is 7. The molecule has 0 radical (unpaired) electrons. The van der Waals surface area contributed by atoms with E-state index < -0.39 is 15.6 Å². The Labute approximate surface area is 92.4 Å². The average molecular weight is 276 g/mol. The maximum atomic E-state index is 11.0. The van der Waals surface area contributed by atoms with Crippen molar-refractivity contribution in [3.8, 4) is 0 Å². The highest BCUT2D eigenvalue weighted by Crippen LogP contribution is 2.57. The van der Waals surface area contributed by atoms with Crippen LogP contribution in [0.5, 0.6) is 0 Å². The van der Waals surface area contributed by atoms with E-state index in [1.165, 1.54) is 0 Å². The summed E-state index contributed by atoms with van der Waals surface area (Å²) in [6, 6.07) is 0. The van der Waals surface area contributed by atoms with Gasteiger partial charge in [0.1, 0.15) is 0 Å². The summed E-state index contributed by atoms with van der Waals surface area (Å²) in [5.74, 6) is 0. The third kappa shape index (κ3) is 5.03. The van der Waals surface area contributed by atoms with Gasteiger partial charge in [-0.05, 0) is 6.42 Å². The van der Waals surface area contributed by atoms with Crippen LogP contribution in [0.25, 0.3) is 0 Å². The van der Waals surface area contributed by atoms with Gasteiger partial charge in [0.05, 0.1) is 18.8 Å². The molecule has 2 unspecified atom stereocenters. The summed E-state index contributed by atoms with van der Waals surface area (Å²) in [4.78, 5) is 25.6. The van der Waals surface area contributed by atoms with Crippen LogP contribution >= 0.6 is 15.6 Å². The monoisotopic (exact) mass is 276 g/mol. The first kappa shape index (κ1) is 14.3. The van der Waals surface area contributed by atoms with Gasteiger partial charge in [0, 0.05) is 6.42 Å². The summed E-state index contributed by atoms with van der Waals surface area (Å²) >= 11 is 0. The van der Waals surface area contributed by atoms with E-state index in [0.717, 1.165) is 6.42 Å². The maximum Gasteiger partial charge on any atom is 0.481 e. The molecular weight excluding hydrogens is 262 g/mol. The summed E-state index contributed by atoms with van der Waals surface area (Å²) < 4.78 is 34.4. The fraction of sp³-hybridized carbons (Fsp3) is 1.00. The van der Waals surface area contributed by atoms with Gasteiger partial charge in [-0.1, -0.05) is 6.92 Å². The van der Waals surface area contributed by atoms with E-state index in [-0.39, 0.29) is 12.2 Å². The molecule has 0 aliphatic carbocycles. The van der Waals surface area contributed by atoms with Crippen LogP contribution in [-0.2, 0) is 22.7 Å². The Hall–Kier alpha value is 0.220. The number of phosphoric ester groups is 1. The van der Waals surface area contributed by atoms with E-state index >= 15 is 0 Å². The van der Waals surface area contributed by atoms with Gasteiger partial charge >= 0.3 is 15.6 Å². The Morgan fingerprint density at radius 1 is 1.38 bits per heavy atom. The molecule has 96 valence electrons. The Kier molecular flexibility index (Phi) is 4.32. The molecule has 0 spiro atoms. The molecule has 0 aromatic heterocycles. The highest BCUT2D eigenvalue weighted by molar-refractivity contribution is 7.60. The number of hydrogen-bond acceptors (Lipinski definition) is 5. The van der Waals surface area contributed by atoms with Gasteiger partial charge in [-0.15, -0.1) is 0 Å². The molecule has 0 aromatic carbocycles. The van der Waals surface area contributed by atoms with Crippen LogP contribution in [0.15, 0.2) is 0 Å². The van der Waals surface area contributed by atoms with Gasteiger partial charge in [0.25, 0.3) is 0 Å². The molecule has 2 atom stereocenters. The van der Waals surface area contributed by atoms with Crippen molar-refractivity contribution >= 4 is 15.6 Å². The highest BCUT2D eigenvalue weighted by atomic mass is 31.3. The van der Waals surface area contributed by atoms with Crippen LogP contribution < -0.4 is 0 Å². The molecule has 0 saturated carbocycles. The summed E-state index contributed by atoms with van der Waals surface area (Å²) in [7, 11) is -9.73. The topological polar surface area (TPSA) is 126 Å². The minimum absolute atomic E-state index is 0.165. The zero-order valence-corrected chi connectivity index (χ0v) is 10.4. The van der Waals surface area contributed by atoms with Crippen molar-refractivity contribution in [1.82, 2.24) is 0 Å². The number of epoxide rings is 1. The third-order valence-electron chi connectivity index (χ3n) is 2.22. The lowest BCUT2D eigenvalue weighted by molar-refractivity contribution is 0.159. The Bertz CT molecular complexity index is 331. The first-order valence-electron chi connectivity index (χ1n) is 4.56. The summed E-state index contributed by atoms with van der Waals surface area (Å²) in [5.41, 5.74) is -0.317. The lowest BCUT2D eigenvalue weighted by Gasteiger charge is -2.13. The van der Waals surface area contributed by atoms with Crippen molar-refractivity contribution in [3.63, 3.8) is 0 Å². The molecule has 3 N–H and O–H groups in total. The molecule has 1 heterocycles. The van der Waals surface area contributed by atoms with E-state index in [1.807, 2.05) is 6.92 Å². The predicted molar refractivity (Wildman–Crippen MR) is 52.5 cm³/mol. The molecule has 1 saturated heterocycles. The maximum absolute atomic E-state index is 11.0. The molecule has 1 aliphatic heterocycles. The van der Waals surface area contributed by atoms with Crippen LogP contribution in [0.4, 0.5) is 0 Å². The Morgan fingerprint density at radius 2 is 1.94 bits per heavy atom. The van der Waals surface area contributed by atoms with Crippen molar-refractivity contribution < 1.29 is 37.4 Å². The molecule has 10 heteroatoms. The van der Waals surface area contributed by atoms with Crippen LogP contribution in [-0.4, -0.2) is 33.5 Å². The van der Waals surface area contributed by atoms with Gasteiger partial charge in [0.2, 0.25) is 0 Å². The van der Waals surface area contributed by atoms with Crippen LogP contribution in [0.2, 0.25) is 0 Å². The molecule has 0 aromatic rings. The molecule has 0 bridgehead atoms. The minimum atomic E-state index is -5.03. The molecule has 1 aliphatic rings. The largest absolute Gasteiger partial charge is 0.481 e. The smallest absolute Gasteiger partial charge is 0.370 e. The Balaban J connectivity index is 2.31. The van der Waals surface area contributed by atoms with E-state index in [4.69, 9.17) is 19.4 Å². The van der Waals surface area contributed by atoms with Crippen LogP contribution in [0.3, 0.4) is 0 Å². The first-order valence-corrected chi connectivity index (χ1v) is 7.59. The fourth-order valence-corrected chi connectivity index (χ4v) is 2.72. The normalized spacial score (nSPS) is 28.8. The van der Waals surface area contributed by atoms with Crippen molar-refractivity contribution in [3.05, 3.63) is 0 Å². The van der Waals surface area contributed by atoms with Gasteiger partial charge in [-0.2, -0.15) is 4.31 Å². The lowest BCUT2D eigenvalue weighted by Crippen LogP contribution is -2.12. The second-order valence-corrected chi connectivity index (χ2v) is 6.28. The molecule has 8 nitrogen and oxygen atoms in total. The molecule has 16 heavy (non-hydrogen) atoms. The molecule has 1 fully saturated rings. The van der Waals surface area contributed by atoms with Gasteiger partial charge < -0.3 is 19.4 Å². The zero-order chi connectivity index (χ0) is 12.4. The van der Waals surface area contributed by atoms with E-state index in [1.54, 1.807) is 0 Å². The first-order chi connectivity index (χ1) is 7.18. The number of ether oxygens (including phenoxy) is 1. The molecule has 1 rings (SSSR count). The van der Waals surface area contributed by atoms with Crippen molar-refractivity contribution in [2.75, 3.05) is 13.2 Å². The summed E-state index contributed by atoms with van der Waals surface area (Å²) in [6.07, 6.45) is 1.12. The van der Waals surface area contributed by atoms with E-state index in [2.05, 4.69) is 8.83 Å². The van der Waals surface area contributed by atoms with Crippen LogP contribution in [0.1, 0.15) is 19.8 Å². The summed E-state index contributed by atoms with van der Waals surface area (Å²) in [6.45, 7) is 2.29. The summed E-state index contributed by atoms with van der Waals surface area (Å²) in [5, 5.41) is 0. The van der Waals surface area contributed by atoms with Crippen molar-refractivity contribution in [1.29, 1.82) is 0 Å². The molecule has 0 amide bonds. The number of phosphoric acid groups is 2. The standard InChI is InChI=1S/C6H14O8P2/c1-2-6(5-12-6)3-4-13-16(10,11)14-15(7,8)9/h2-5H2,1H3,(H,10,11)(H2,7,8,9). The third-order valence-corrected chi connectivity index (χ3v) is 4.40. The second-order valence-electron chi connectivity index (χ2n) is 3.45. The predicted octanol–water partition coefficient (Wildman–Crippen LogP) is 0.782. The van der Waals surface area contributed by atoms with E-state index in [9.17, 15) is 9.13 Å². The van der Waals surface area contributed by atoms with Gasteiger partial charge in [-0.3, -0.25) is 4.52 Å². The SMILES string of the molecule is CCC1(CCOP(=O)(O)OP(=O)(O)O)CO1. The minimum Gasteiger partial charge on any atom is -0.370 e. The quantitative estimate of drug-likeness (QED) is 0.460. The lowest BCUT2D eigenvalue weighted by atomic mass is 10.1. The van der Waals surface area contributed by atoms with Gasteiger partial charge in [0.15, 0.2) is 0 Å². The average Bonchev–Trinajstić information content (AvgIpc) is 2.80. The van der Waals surface area contributed by atoms with Crippen molar-refractivity contribution in [2.24, 2.45) is 0 Å². The van der Waals surface area contributed by atoms with Crippen molar-refractivity contribution in [2.45, 2.75) is 25.4 Å². The number of hydrogen-bond donors (Lipinski definition) is 3. The zero-order valence-electron chi connectivity index (χ0n) is 8.61. The van der Waals surface area contributed by atoms with Crippen LogP contribution in [0, 0.1) is 0 Å². The van der Waals surface area contributed by atoms with E-state index in [0.29, 0.717) is 13.0 Å².